The van der Waals surface area contributed by atoms with E-state index in [0.717, 1.165) is 83.2 Å². The maximum atomic E-state index is 12.0. The molecular formula is C19H36IN7O. The molecular weight excluding hydrogens is 469 g/mol. The number of hydrogen-bond donors (Lipinski definition) is 2. The van der Waals surface area contributed by atoms with Gasteiger partial charge in [0.05, 0.1) is 0 Å². The van der Waals surface area contributed by atoms with Gasteiger partial charge in [0.1, 0.15) is 12.2 Å². The number of carbonyl (C=O) groups excluding carboxylic acids is 1. The lowest BCUT2D eigenvalue weighted by Gasteiger charge is -2.21. The van der Waals surface area contributed by atoms with Crippen molar-refractivity contribution in [2.75, 3.05) is 32.7 Å². The maximum Gasteiger partial charge on any atom is 0.222 e. The van der Waals surface area contributed by atoms with Crippen molar-refractivity contribution in [3.05, 3.63) is 12.2 Å². The molecule has 0 radical (unpaired) electrons. The molecule has 0 aromatic carbocycles. The molecule has 1 aromatic rings. The van der Waals surface area contributed by atoms with Gasteiger partial charge in [-0.15, -0.1) is 34.2 Å². The second kappa shape index (κ2) is 14.6. The van der Waals surface area contributed by atoms with Gasteiger partial charge in [0.15, 0.2) is 5.96 Å². The summed E-state index contributed by atoms with van der Waals surface area (Å²) in [4.78, 5) is 18.7. The molecule has 0 saturated carbocycles. The third-order valence-corrected chi connectivity index (χ3v) is 4.72. The zero-order valence-corrected chi connectivity index (χ0v) is 19.7. The van der Waals surface area contributed by atoms with Crippen LogP contribution in [-0.4, -0.2) is 64.3 Å². The number of rotatable bonds is 10. The summed E-state index contributed by atoms with van der Waals surface area (Å²) in [6.45, 7) is 9.13. The van der Waals surface area contributed by atoms with Gasteiger partial charge in [-0.25, -0.2) is 0 Å². The van der Waals surface area contributed by atoms with Crippen LogP contribution < -0.4 is 10.6 Å². The third kappa shape index (κ3) is 8.74. The Morgan fingerprint density at radius 1 is 1.18 bits per heavy atom. The lowest BCUT2D eigenvalue weighted by molar-refractivity contribution is -0.130. The molecule has 1 saturated heterocycles. The van der Waals surface area contributed by atoms with E-state index < -0.39 is 0 Å². The molecule has 1 amide bonds. The summed E-state index contributed by atoms with van der Waals surface area (Å²) in [7, 11) is 0. The van der Waals surface area contributed by atoms with E-state index in [1.807, 2.05) is 4.90 Å². The van der Waals surface area contributed by atoms with Gasteiger partial charge in [-0.05, 0) is 25.7 Å². The number of amides is 1. The fraction of sp³-hybridized carbons (Fsp3) is 0.789. The van der Waals surface area contributed by atoms with Gasteiger partial charge < -0.3 is 20.1 Å². The molecule has 1 aromatic heterocycles. The molecule has 9 heteroatoms. The smallest absolute Gasteiger partial charge is 0.222 e. The number of hydrogen-bond acceptors (Lipinski definition) is 4. The summed E-state index contributed by atoms with van der Waals surface area (Å²) in [5.74, 6) is 2.15. The first-order valence-electron chi connectivity index (χ1n) is 10.4. The number of aromatic nitrogens is 3. The van der Waals surface area contributed by atoms with E-state index >= 15 is 0 Å². The summed E-state index contributed by atoms with van der Waals surface area (Å²) in [5, 5.41) is 14.8. The molecule has 0 atom stereocenters. The zero-order chi connectivity index (χ0) is 19.3. The molecule has 2 N–H and O–H groups in total. The minimum absolute atomic E-state index is 0. The van der Waals surface area contributed by atoms with Crippen LogP contribution in [0.5, 0.6) is 0 Å². The molecule has 1 aliphatic heterocycles. The number of guanidine groups is 1. The van der Waals surface area contributed by atoms with Crippen molar-refractivity contribution in [1.82, 2.24) is 30.3 Å². The molecule has 28 heavy (non-hydrogen) atoms. The predicted molar refractivity (Wildman–Crippen MR) is 123 cm³/mol. The largest absolute Gasteiger partial charge is 0.356 e. The van der Waals surface area contributed by atoms with E-state index in [2.05, 4.69) is 44.2 Å². The Hall–Kier alpha value is -1.39. The van der Waals surface area contributed by atoms with Gasteiger partial charge in [0, 0.05) is 52.1 Å². The highest BCUT2D eigenvalue weighted by Gasteiger charge is 2.15. The first-order valence-corrected chi connectivity index (χ1v) is 10.4. The van der Waals surface area contributed by atoms with Crippen molar-refractivity contribution in [3.8, 4) is 0 Å². The van der Waals surface area contributed by atoms with Gasteiger partial charge in [-0.3, -0.25) is 9.79 Å². The minimum Gasteiger partial charge on any atom is -0.356 e. The van der Waals surface area contributed by atoms with Crippen LogP contribution in [0.1, 0.15) is 58.2 Å². The molecule has 2 rings (SSSR count). The number of halogens is 1. The lowest BCUT2D eigenvalue weighted by Crippen LogP contribution is -2.41. The van der Waals surface area contributed by atoms with Crippen LogP contribution >= 0.6 is 24.0 Å². The number of carbonyl (C=O) groups is 1. The highest BCUT2D eigenvalue weighted by molar-refractivity contribution is 14.0. The summed E-state index contributed by atoms with van der Waals surface area (Å²) in [6, 6.07) is 0. The van der Waals surface area contributed by atoms with Crippen molar-refractivity contribution in [2.45, 2.75) is 65.3 Å². The molecule has 160 valence electrons. The third-order valence-electron chi connectivity index (χ3n) is 4.72. The Morgan fingerprint density at radius 2 is 2.00 bits per heavy atom. The van der Waals surface area contributed by atoms with Gasteiger partial charge in [0.2, 0.25) is 5.91 Å². The lowest BCUT2D eigenvalue weighted by atomic mass is 10.2. The zero-order valence-electron chi connectivity index (χ0n) is 17.3. The van der Waals surface area contributed by atoms with Crippen molar-refractivity contribution in [1.29, 1.82) is 0 Å². The first kappa shape index (κ1) is 24.6. The predicted octanol–water partition coefficient (Wildman–Crippen LogP) is 2.20. The molecule has 0 bridgehead atoms. The van der Waals surface area contributed by atoms with Crippen molar-refractivity contribution >= 4 is 35.8 Å². The van der Waals surface area contributed by atoms with Gasteiger partial charge >= 0.3 is 0 Å². The molecule has 1 fully saturated rings. The summed E-state index contributed by atoms with van der Waals surface area (Å²) >= 11 is 0. The second-order valence-electron chi connectivity index (χ2n) is 6.92. The van der Waals surface area contributed by atoms with Crippen molar-refractivity contribution < 1.29 is 4.79 Å². The fourth-order valence-corrected chi connectivity index (χ4v) is 3.18. The van der Waals surface area contributed by atoms with Crippen molar-refractivity contribution in [3.63, 3.8) is 0 Å². The molecule has 0 aliphatic carbocycles. The van der Waals surface area contributed by atoms with Crippen LogP contribution in [-0.2, 0) is 17.8 Å². The molecule has 8 nitrogen and oxygen atoms in total. The Labute approximate surface area is 186 Å². The summed E-state index contributed by atoms with van der Waals surface area (Å²) < 4.78 is 2.06. The van der Waals surface area contributed by atoms with Crippen LogP contribution in [0.15, 0.2) is 11.3 Å². The highest BCUT2D eigenvalue weighted by Crippen LogP contribution is 2.11. The van der Waals surface area contributed by atoms with Gasteiger partial charge in [-0.1, -0.05) is 20.3 Å². The maximum absolute atomic E-state index is 12.0. The average molecular weight is 505 g/mol. The molecule has 0 unspecified atom stereocenters. The van der Waals surface area contributed by atoms with Crippen LogP contribution in [0.2, 0.25) is 0 Å². The highest BCUT2D eigenvalue weighted by atomic mass is 127. The quantitative estimate of drug-likeness (QED) is 0.220. The Bertz CT molecular complexity index is 591. The number of aryl methyl sites for hydroxylation is 1. The Kier molecular flexibility index (Phi) is 12.8. The van der Waals surface area contributed by atoms with E-state index in [1.165, 1.54) is 6.42 Å². The van der Waals surface area contributed by atoms with Gasteiger partial charge in [-0.2, -0.15) is 0 Å². The minimum atomic E-state index is 0. The van der Waals surface area contributed by atoms with E-state index in [1.54, 1.807) is 6.33 Å². The fourth-order valence-electron chi connectivity index (χ4n) is 3.18. The van der Waals surface area contributed by atoms with Crippen LogP contribution in [0.4, 0.5) is 0 Å². The van der Waals surface area contributed by atoms with E-state index in [-0.39, 0.29) is 24.0 Å². The number of nitrogens with one attached hydrogen (secondary N) is 2. The van der Waals surface area contributed by atoms with Crippen molar-refractivity contribution in [2.24, 2.45) is 4.99 Å². The first-order chi connectivity index (χ1) is 13.2. The Morgan fingerprint density at radius 3 is 2.79 bits per heavy atom. The van der Waals surface area contributed by atoms with E-state index in [4.69, 9.17) is 0 Å². The monoisotopic (exact) mass is 505 g/mol. The van der Waals surface area contributed by atoms with Crippen LogP contribution in [0.3, 0.4) is 0 Å². The summed E-state index contributed by atoms with van der Waals surface area (Å²) in [5.41, 5.74) is 0. The molecule has 1 aliphatic rings. The van der Waals surface area contributed by atoms with E-state index in [9.17, 15) is 4.79 Å². The molecule has 2 heterocycles. The standard InChI is InChI=1S/C19H35N7O.HI/c1-3-10-20-19(22-12-15-26-16-23-24-17(26)4-2)21-11-8-14-25-13-7-5-6-9-18(25)27;/h16H,3-15H2,1-2H3,(H2,20,21,22);1H. The number of likely N-dealkylation sites (tertiary alicyclic amines) is 1. The van der Waals surface area contributed by atoms with Gasteiger partial charge in [0.25, 0.3) is 0 Å². The normalized spacial score (nSPS) is 15.1. The number of aliphatic imine (C=N–C) groups is 1. The summed E-state index contributed by atoms with van der Waals surface area (Å²) in [6.07, 6.45) is 8.65. The van der Waals surface area contributed by atoms with Crippen LogP contribution in [0, 0.1) is 0 Å². The SMILES string of the molecule is CCCN=C(NCCCN1CCCCCC1=O)NCCn1cnnc1CC.I. The average Bonchev–Trinajstić information content (AvgIpc) is 3.04. The second-order valence-corrected chi connectivity index (χ2v) is 6.92. The van der Waals surface area contributed by atoms with Crippen LogP contribution in [0.25, 0.3) is 0 Å². The Balaban J connectivity index is 0.00000392. The number of nitrogens with zero attached hydrogens (tertiary/aromatic N) is 5. The topological polar surface area (TPSA) is 87.4 Å². The van der Waals surface area contributed by atoms with E-state index in [0.29, 0.717) is 12.3 Å². The molecule has 0 spiro atoms.